The summed E-state index contributed by atoms with van der Waals surface area (Å²) in [6.45, 7) is 4.57. The Bertz CT molecular complexity index is 332. The molecule has 1 aromatic carbocycles. The lowest BCUT2D eigenvalue weighted by atomic mass is 9.76. The second kappa shape index (κ2) is 6.23. The van der Waals surface area contributed by atoms with E-state index < -0.39 is 0 Å². The first-order valence-corrected chi connectivity index (χ1v) is 7.36. The third-order valence-corrected chi connectivity index (χ3v) is 4.44. The molecule has 0 bridgehead atoms. The van der Waals surface area contributed by atoms with Gasteiger partial charge < -0.3 is 0 Å². The van der Waals surface area contributed by atoms with E-state index in [0.717, 1.165) is 11.8 Å². The van der Waals surface area contributed by atoms with Crippen LogP contribution in [0.5, 0.6) is 0 Å². The number of rotatable bonds is 4. The van der Waals surface area contributed by atoms with E-state index in [0.29, 0.717) is 0 Å². The van der Waals surface area contributed by atoms with E-state index in [9.17, 15) is 0 Å². The molecule has 0 nitrogen and oxygen atoms in total. The Labute approximate surface area is 106 Å². The molecule has 0 aromatic heterocycles. The average Bonchev–Trinajstić information content (AvgIpc) is 2.38. The number of hydrogen-bond donors (Lipinski definition) is 0. The van der Waals surface area contributed by atoms with Crippen molar-refractivity contribution >= 4 is 0 Å². The van der Waals surface area contributed by atoms with Crippen molar-refractivity contribution in [3.63, 3.8) is 0 Å². The summed E-state index contributed by atoms with van der Waals surface area (Å²) in [7, 11) is 0. The molecular weight excluding hydrogens is 204 g/mol. The van der Waals surface area contributed by atoms with Gasteiger partial charge in [0, 0.05) is 0 Å². The quantitative estimate of drug-likeness (QED) is 0.644. The predicted molar refractivity (Wildman–Crippen MR) is 75.4 cm³/mol. The van der Waals surface area contributed by atoms with Crippen molar-refractivity contribution in [3.8, 4) is 0 Å². The zero-order chi connectivity index (χ0) is 12.1. The van der Waals surface area contributed by atoms with E-state index in [-0.39, 0.29) is 0 Å². The molecule has 0 N–H and O–H groups in total. The molecule has 0 amide bonds. The molecule has 1 fully saturated rings. The van der Waals surface area contributed by atoms with Crippen LogP contribution < -0.4 is 0 Å². The summed E-state index contributed by atoms with van der Waals surface area (Å²) >= 11 is 0. The molecule has 0 unspecified atom stereocenters. The topological polar surface area (TPSA) is 0 Å². The van der Waals surface area contributed by atoms with Crippen LogP contribution in [0.4, 0.5) is 0 Å². The van der Waals surface area contributed by atoms with Crippen molar-refractivity contribution in [1.29, 1.82) is 0 Å². The molecule has 0 spiro atoms. The fourth-order valence-electron chi connectivity index (χ4n) is 3.30. The van der Waals surface area contributed by atoms with Crippen LogP contribution in [0.25, 0.3) is 0 Å². The fraction of sp³-hybridized carbons (Fsp3) is 0.647. The molecule has 0 atom stereocenters. The van der Waals surface area contributed by atoms with Crippen LogP contribution in [0, 0.1) is 12.8 Å². The van der Waals surface area contributed by atoms with Crippen LogP contribution in [-0.4, -0.2) is 0 Å². The Hall–Kier alpha value is -0.780. The lowest BCUT2D eigenvalue weighted by Gasteiger charge is -2.29. The molecule has 0 aliphatic heterocycles. The van der Waals surface area contributed by atoms with Crippen molar-refractivity contribution in [1.82, 2.24) is 0 Å². The molecule has 0 heteroatoms. The highest BCUT2D eigenvalue weighted by Crippen LogP contribution is 2.38. The Morgan fingerprint density at radius 3 is 2.41 bits per heavy atom. The molecule has 94 valence electrons. The van der Waals surface area contributed by atoms with Gasteiger partial charge in [0.2, 0.25) is 0 Å². The highest BCUT2D eigenvalue weighted by atomic mass is 14.3. The van der Waals surface area contributed by atoms with Gasteiger partial charge in [-0.1, -0.05) is 50.5 Å². The molecule has 17 heavy (non-hydrogen) atoms. The zero-order valence-corrected chi connectivity index (χ0v) is 11.4. The van der Waals surface area contributed by atoms with Gasteiger partial charge in [0.25, 0.3) is 0 Å². The summed E-state index contributed by atoms with van der Waals surface area (Å²) in [6, 6.07) is 8.96. The molecule has 1 aromatic rings. The van der Waals surface area contributed by atoms with Crippen LogP contribution >= 0.6 is 0 Å². The van der Waals surface area contributed by atoms with E-state index in [2.05, 4.69) is 38.1 Å². The second-order valence-electron chi connectivity index (χ2n) is 5.72. The normalized spacial score (nSPS) is 24.8. The van der Waals surface area contributed by atoms with Crippen molar-refractivity contribution < 1.29 is 0 Å². The van der Waals surface area contributed by atoms with Gasteiger partial charge in [-0.15, -0.1) is 0 Å². The Morgan fingerprint density at radius 2 is 1.76 bits per heavy atom. The first kappa shape index (κ1) is 12.7. The summed E-state index contributed by atoms with van der Waals surface area (Å²) in [6.07, 6.45) is 10.0. The van der Waals surface area contributed by atoms with Gasteiger partial charge in [-0.2, -0.15) is 0 Å². The third-order valence-electron chi connectivity index (χ3n) is 4.44. The van der Waals surface area contributed by atoms with Crippen LogP contribution in [0.2, 0.25) is 0 Å². The monoisotopic (exact) mass is 230 g/mol. The molecule has 0 heterocycles. The first-order chi connectivity index (χ1) is 8.31. The van der Waals surface area contributed by atoms with Gasteiger partial charge in [-0.3, -0.25) is 0 Å². The summed E-state index contributed by atoms with van der Waals surface area (Å²) in [5.74, 6) is 1.87. The number of hydrogen-bond acceptors (Lipinski definition) is 0. The van der Waals surface area contributed by atoms with E-state index in [1.165, 1.54) is 50.5 Å². The van der Waals surface area contributed by atoms with Crippen molar-refractivity contribution in [2.45, 2.75) is 64.7 Å². The van der Waals surface area contributed by atoms with Crippen molar-refractivity contribution in [2.75, 3.05) is 0 Å². The summed E-state index contributed by atoms with van der Waals surface area (Å²) in [5.41, 5.74) is 3.10. The smallest absolute Gasteiger partial charge is 0.0159 e. The Morgan fingerprint density at radius 1 is 1.06 bits per heavy atom. The minimum Gasteiger partial charge on any atom is -0.0654 e. The van der Waals surface area contributed by atoms with Gasteiger partial charge in [-0.05, 0) is 55.6 Å². The molecule has 0 saturated heterocycles. The molecule has 0 radical (unpaired) electrons. The minimum absolute atomic E-state index is 0.842. The molecule has 1 saturated carbocycles. The lowest BCUT2D eigenvalue weighted by Crippen LogP contribution is -2.14. The highest BCUT2D eigenvalue weighted by molar-refractivity contribution is 5.29. The van der Waals surface area contributed by atoms with Crippen molar-refractivity contribution in [3.05, 3.63) is 35.4 Å². The average molecular weight is 230 g/mol. The van der Waals surface area contributed by atoms with E-state index in [4.69, 9.17) is 0 Å². The maximum Gasteiger partial charge on any atom is -0.0159 e. The number of benzene rings is 1. The largest absolute Gasteiger partial charge is 0.0654 e. The van der Waals surface area contributed by atoms with Gasteiger partial charge in [0.05, 0.1) is 0 Å². The van der Waals surface area contributed by atoms with E-state index in [1.807, 2.05) is 0 Å². The lowest BCUT2D eigenvalue weighted by molar-refractivity contribution is 0.304. The van der Waals surface area contributed by atoms with E-state index in [1.54, 1.807) is 5.56 Å². The maximum absolute atomic E-state index is 2.34. The molecular formula is C17H26. The van der Waals surface area contributed by atoms with E-state index >= 15 is 0 Å². The molecule has 1 aliphatic carbocycles. The number of unbranched alkanes of at least 4 members (excludes halogenated alkanes) is 1. The van der Waals surface area contributed by atoms with Crippen LogP contribution in [0.15, 0.2) is 24.3 Å². The summed E-state index contributed by atoms with van der Waals surface area (Å²) in [5, 5.41) is 0. The minimum atomic E-state index is 0.842. The maximum atomic E-state index is 2.34. The molecule has 1 aliphatic rings. The standard InChI is InChI=1S/C17H26/c1-3-4-8-15-10-12-16(13-11-15)17-9-6-5-7-14(17)2/h5-7,9,15-16H,3-4,8,10-13H2,1-2H3. The predicted octanol–water partition coefficient (Wildman–Crippen LogP) is 5.46. The SMILES string of the molecule is CCCCC1CCC(c2ccccc2C)CC1. The van der Waals surface area contributed by atoms with Gasteiger partial charge in [-0.25, -0.2) is 0 Å². The third kappa shape index (κ3) is 3.34. The summed E-state index contributed by atoms with van der Waals surface area (Å²) in [4.78, 5) is 0. The van der Waals surface area contributed by atoms with Crippen LogP contribution in [0.3, 0.4) is 0 Å². The number of aryl methyl sites for hydroxylation is 1. The van der Waals surface area contributed by atoms with Gasteiger partial charge in [0.15, 0.2) is 0 Å². The summed E-state index contributed by atoms with van der Waals surface area (Å²) < 4.78 is 0. The van der Waals surface area contributed by atoms with Crippen molar-refractivity contribution in [2.24, 2.45) is 5.92 Å². The van der Waals surface area contributed by atoms with Crippen LogP contribution in [0.1, 0.15) is 68.9 Å². The van der Waals surface area contributed by atoms with Crippen LogP contribution in [-0.2, 0) is 0 Å². The first-order valence-electron chi connectivity index (χ1n) is 7.36. The Balaban J connectivity index is 1.89. The van der Waals surface area contributed by atoms with Gasteiger partial charge >= 0.3 is 0 Å². The second-order valence-corrected chi connectivity index (χ2v) is 5.72. The molecule has 2 rings (SSSR count). The highest BCUT2D eigenvalue weighted by Gasteiger charge is 2.22. The van der Waals surface area contributed by atoms with Gasteiger partial charge in [0.1, 0.15) is 0 Å². The fourth-order valence-corrected chi connectivity index (χ4v) is 3.30. The zero-order valence-electron chi connectivity index (χ0n) is 11.4. The Kier molecular flexibility index (Phi) is 4.65.